The third kappa shape index (κ3) is 3.32. The summed E-state index contributed by atoms with van der Waals surface area (Å²) in [6.07, 6.45) is 1.85. The molecule has 0 spiro atoms. The van der Waals surface area contributed by atoms with E-state index >= 15 is 0 Å². The van der Waals surface area contributed by atoms with Crippen molar-refractivity contribution in [3.8, 4) is 0 Å². The van der Waals surface area contributed by atoms with E-state index in [2.05, 4.69) is 20.5 Å². The molecular formula is C9H17N5O. The molecule has 0 saturated heterocycles. The van der Waals surface area contributed by atoms with E-state index in [1.807, 2.05) is 6.92 Å². The van der Waals surface area contributed by atoms with Crippen molar-refractivity contribution in [2.75, 3.05) is 6.54 Å². The molecule has 1 aromatic heterocycles. The molecule has 15 heavy (non-hydrogen) atoms. The monoisotopic (exact) mass is 211 g/mol. The molecule has 6 heteroatoms. The van der Waals surface area contributed by atoms with Crippen LogP contribution in [0.1, 0.15) is 36.2 Å². The lowest BCUT2D eigenvalue weighted by molar-refractivity contribution is 0.0926. The van der Waals surface area contributed by atoms with Crippen LogP contribution in [0.25, 0.3) is 0 Å². The van der Waals surface area contributed by atoms with Gasteiger partial charge in [-0.15, -0.1) is 5.10 Å². The molecule has 1 atom stereocenters. The molecule has 1 unspecified atom stereocenters. The number of carbonyl (C=O) groups is 1. The minimum Gasteiger partial charge on any atom is -0.345 e. The van der Waals surface area contributed by atoms with Crippen LogP contribution in [0.15, 0.2) is 0 Å². The Morgan fingerprint density at radius 2 is 2.40 bits per heavy atom. The summed E-state index contributed by atoms with van der Waals surface area (Å²) < 4.78 is 0. The molecule has 1 rings (SSSR count). The number of H-pyrrole nitrogens is 1. The van der Waals surface area contributed by atoms with Crippen molar-refractivity contribution in [2.45, 2.75) is 32.7 Å². The van der Waals surface area contributed by atoms with Gasteiger partial charge in [-0.2, -0.15) is 0 Å². The van der Waals surface area contributed by atoms with E-state index in [1.54, 1.807) is 6.92 Å². The molecule has 0 aromatic carbocycles. The van der Waals surface area contributed by atoms with Crippen molar-refractivity contribution in [1.29, 1.82) is 0 Å². The Bertz CT molecular complexity index is 322. The second kappa shape index (κ2) is 5.45. The zero-order valence-electron chi connectivity index (χ0n) is 9.08. The van der Waals surface area contributed by atoms with E-state index in [-0.39, 0.29) is 17.8 Å². The molecule has 0 saturated carbocycles. The number of nitrogens with one attached hydrogen (secondary N) is 2. The highest BCUT2D eigenvalue weighted by Crippen LogP contribution is 1.97. The lowest BCUT2D eigenvalue weighted by Gasteiger charge is -2.14. The molecule has 1 amide bonds. The molecular weight excluding hydrogens is 194 g/mol. The van der Waals surface area contributed by atoms with E-state index in [1.165, 1.54) is 0 Å². The van der Waals surface area contributed by atoms with Crippen molar-refractivity contribution in [2.24, 2.45) is 5.73 Å². The first-order valence-electron chi connectivity index (χ1n) is 5.07. The number of carbonyl (C=O) groups excluding carboxylic acids is 1. The molecule has 1 heterocycles. The smallest absolute Gasteiger partial charge is 0.291 e. The fraction of sp³-hybridized carbons (Fsp3) is 0.667. The van der Waals surface area contributed by atoms with Crippen LogP contribution in [0.4, 0.5) is 0 Å². The molecule has 0 aliphatic carbocycles. The number of aromatic amines is 1. The summed E-state index contributed by atoms with van der Waals surface area (Å²) in [6.45, 7) is 4.23. The fourth-order valence-corrected chi connectivity index (χ4v) is 1.29. The summed E-state index contributed by atoms with van der Waals surface area (Å²) in [5.74, 6) is 0.519. The number of nitrogens with two attached hydrogens (primary N) is 1. The standard InChI is InChI=1S/C9H17N5O/c1-3-4-7(5-10)12-9(15)8-11-6(2)13-14-8/h7H,3-5,10H2,1-2H3,(H,12,15)(H,11,13,14). The van der Waals surface area contributed by atoms with Crippen molar-refractivity contribution < 1.29 is 4.79 Å². The van der Waals surface area contributed by atoms with Crippen LogP contribution in [-0.4, -0.2) is 33.7 Å². The van der Waals surface area contributed by atoms with Gasteiger partial charge in [-0.1, -0.05) is 13.3 Å². The Morgan fingerprint density at radius 1 is 1.67 bits per heavy atom. The first kappa shape index (κ1) is 11.6. The third-order valence-electron chi connectivity index (χ3n) is 2.06. The van der Waals surface area contributed by atoms with E-state index in [9.17, 15) is 4.79 Å². The van der Waals surface area contributed by atoms with Gasteiger partial charge < -0.3 is 11.1 Å². The van der Waals surface area contributed by atoms with Gasteiger partial charge in [-0.25, -0.2) is 4.98 Å². The molecule has 0 bridgehead atoms. The van der Waals surface area contributed by atoms with Gasteiger partial charge in [-0.05, 0) is 13.3 Å². The maximum absolute atomic E-state index is 11.6. The Morgan fingerprint density at radius 3 is 2.87 bits per heavy atom. The average molecular weight is 211 g/mol. The Kier molecular flexibility index (Phi) is 4.23. The van der Waals surface area contributed by atoms with Gasteiger partial charge >= 0.3 is 0 Å². The van der Waals surface area contributed by atoms with E-state index in [0.29, 0.717) is 12.4 Å². The Hall–Kier alpha value is -1.43. The fourth-order valence-electron chi connectivity index (χ4n) is 1.29. The molecule has 0 fully saturated rings. The maximum Gasteiger partial charge on any atom is 0.291 e. The first-order valence-corrected chi connectivity index (χ1v) is 5.07. The van der Waals surface area contributed by atoms with Gasteiger partial charge in [0.1, 0.15) is 5.82 Å². The third-order valence-corrected chi connectivity index (χ3v) is 2.06. The number of amides is 1. The predicted octanol–water partition coefficient (Wildman–Crippen LogP) is -0.0297. The zero-order chi connectivity index (χ0) is 11.3. The minimum absolute atomic E-state index is 0.00121. The molecule has 1 aromatic rings. The highest BCUT2D eigenvalue weighted by molar-refractivity contribution is 5.90. The zero-order valence-corrected chi connectivity index (χ0v) is 9.08. The average Bonchev–Trinajstić information content (AvgIpc) is 2.64. The molecule has 4 N–H and O–H groups in total. The van der Waals surface area contributed by atoms with Crippen molar-refractivity contribution >= 4 is 5.91 Å². The van der Waals surface area contributed by atoms with Crippen molar-refractivity contribution in [3.63, 3.8) is 0 Å². The van der Waals surface area contributed by atoms with Gasteiger partial charge in [0.15, 0.2) is 0 Å². The van der Waals surface area contributed by atoms with Gasteiger partial charge in [-0.3, -0.25) is 9.89 Å². The van der Waals surface area contributed by atoms with Crippen molar-refractivity contribution in [3.05, 3.63) is 11.6 Å². The summed E-state index contributed by atoms with van der Waals surface area (Å²) in [4.78, 5) is 15.5. The van der Waals surface area contributed by atoms with Crippen LogP contribution in [0.3, 0.4) is 0 Å². The topological polar surface area (TPSA) is 96.7 Å². The minimum atomic E-state index is -0.275. The molecule has 84 valence electrons. The number of nitrogens with zero attached hydrogens (tertiary/aromatic N) is 2. The van der Waals surface area contributed by atoms with E-state index in [4.69, 9.17) is 5.73 Å². The SMILES string of the molecule is CCCC(CN)NC(=O)c1n[nH]c(C)n1. The second-order valence-electron chi connectivity index (χ2n) is 3.44. The van der Waals surface area contributed by atoms with E-state index < -0.39 is 0 Å². The van der Waals surface area contributed by atoms with Gasteiger partial charge in [0.2, 0.25) is 5.82 Å². The van der Waals surface area contributed by atoms with Crippen LogP contribution >= 0.6 is 0 Å². The molecule has 0 aliphatic heterocycles. The van der Waals surface area contributed by atoms with E-state index in [0.717, 1.165) is 12.8 Å². The normalized spacial score (nSPS) is 12.5. The van der Waals surface area contributed by atoms with Crippen LogP contribution < -0.4 is 11.1 Å². The second-order valence-corrected chi connectivity index (χ2v) is 3.44. The van der Waals surface area contributed by atoms with Crippen LogP contribution in [0.2, 0.25) is 0 Å². The highest BCUT2D eigenvalue weighted by Gasteiger charge is 2.14. The summed E-state index contributed by atoms with van der Waals surface area (Å²) in [6, 6.07) is 0.00121. The number of aromatic nitrogens is 3. The van der Waals surface area contributed by atoms with Crippen LogP contribution in [0, 0.1) is 6.92 Å². The quantitative estimate of drug-likeness (QED) is 0.637. The summed E-state index contributed by atoms with van der Waals surface area (Å²) in [5, 5.41) is 9.18. The first-order chi connectivity index (χ1) is 7.17. The predicted molar refractivity (Wildman–Crippen MR) is 56.3 cm³/mol. The maximum atomic E-state index is 11.6. The summed E-state index contributed by atoms with van der Waals surface area (Å²) in [5.41, 5.74) is 5.53. The summed E-state index contributed by atoms with van der Waals surface area (Å²) >= 11 is 0. The largest absolute Gasteiger partial charge is 0.345 e. The number of hydrogen-bond donors (Lipinski definition) is 3. The molecule has 0 radical (unpaired) electrons. The van der Waals surface area contributed by atoms with Gasteiger partial charge in [0, 0.05) is 12.6 Å². The Balaban J connectivity index is 2.54. The Labute approximate surface area is 88.7 Å². The number of rotatable bonds is 5. The van der Waals surface area contributed by atoms with Gasteiger partial charge in [0.05, 0.1) is 0 Å². The molecule has 0 aliphatic rings. The molecule has 6 nitrogen and oxygen atoms in total. The lowest BCUT2D eigenvalue weighted by atomic mass is 10.1. The van der Waals surface area contributed by atoms with Crippen LogP contribution in [0.5, 0.6) is 0 Å². The van der Waals surface area contributed by atoms with Crippen LogP contribution in [-0.2, 0) is 0 Å². The van der Waals surface area contributed by atoms with Gasteiger partial charge in [0.25, 0.3) is 5.91 Å². The number of aryl methyl sites for hydroxylation is 1. The lowest BCUT2D eigenvalue weighted by Crippen LogP contribution is -2.40. The van der Waals surface area contributed by atoms with Crippen molar-refractivity contribution in [1.82, 2.24) is 20.5 Å². The number of hydrogen-bond acceptors (Lipinski definition) is 4. The highest BCUT2D eigenvalue weighted by atomic mass is 16.2. The summed E-state index contributed by atoms with van der Waals surface area (Å²) in [7, 11) is 0.